The summed E-state index contributed by atoms with van der Waals surface area (Å²) in [6, 6.07) is 17.8. The number of hydrogen-bond acceptors (Lipinski definition) is 4. The van der Waals surface area contributed by atoms with Crippen LogP contribution in [0.15, 0.2) is 54.6 Å². The molecule has 0 fully saturated rings. The maximum absolute atomic E-state index is 10.7. The Hall–Kier alpha value is -2.10. The molecule has 0 aliphatic rings. The van der Waals surface area contributed by atoms with Crippen LogP contribution in [0.25, 0.3) is 0 Å². The average molecular weight is 427 g/mol. The molecule has 2 aromatic rings. The Morgan fingerprint density at radius 3 is 2.17 bits per heavy atom. The molecule has 2 aromatic carbocycles. The lowest BCUT2D eigenvalue weighted by molar-refractivity contribution is 0.0196. The zero-order valence-electron chi connectivity index (χ0n) is 18.6. The van der Waals surface area contributed by atoms with Crippen molar-refractivity contribution in [2.75, 3.05) is 20.3 Å². The van der Waals surface area contributed by atoms with Crippen molar-refractivity contribution in [2.24, 2.45) is 5.92 Å². The molecule has 2 atom stereocenters. The topological polar surface area (TPSA) is 47.9 Å². The van der Waals surface area contributed by atoms with Gasteiger partial charge in [-0.1, -0.05) is 62.1 Å². The molecule has 2 rings (SSSR count). The third-order valence-electron chi connectivity index (χ3n) is 4.49. The minimum atomic E-state index is -1.53. The van der Waals surface area contributed by atoms with Gasteiger partial charge in [0.15, 0.2) is 0 Å². The third-order valence-corrected chi connectivity index (χ3v) is 5.39. The summed E-state index contributed by atoms with van der Waals surface area (Å²) in [4.78, 5) is 0. The summed E-state index contributed by atoms with van der Waals surface area (Å²) in [7, 11) is 0.116. The van der Waals surface area contributed by atoms with Crippen LogP contribution in [0, 0.1) is 17.4 Å². The van der Waals surface area contributed by atoms with Gasteiger partial charge in [0.1, 0.15) is 13.8 Å². The van der Waals surface area contributed by atoms with Crippen molar-refractivity contribution in [1.29, 1.82) is 0 Å². The lowest BCUT2D eigenvalue weighted by Gasteiger charge is -2.19. The van der Waals surface area contributed by atoms with E-state index in [0.29, 0.717) is 32.8 Å². The van der Waals surface area contributed by atoms with E-state index >= 15 is 0 Å². The summed E-state index contributed by atoms with van der Waals surface area (Å²) < 4.78 is 16.8. The number of ether oxygens (including phenoxy) is 3. The highest BCUT2D eigenvalue weighted by Gasteiger charge is 2.19. The highest BCUT2D eigenvalue weighted by Crippen LogP contribution is 2.14. The average Bonchev–Trinajstić information content (AvgIpc) is 2.74. The highest BCUT2D eigenvalue weighted by atomic mass is 28.3. The SMILES string of the molecule is COc1ccc(COC[C@H](C#C[Si](C)(C)C)[C@@H](O)CCOCc2ccccc2)cc1. The van der Waals surface area contributed by atoms with Crippen molar-refractivity contribution in [3.63, 3.8) is 0 Å². The number of aliphatic hydroxyl groups is 1. The van der Waals surface area contributed by atoms with Gasteiger partial charge in [0, 0.05) is 6.61 Å². The number of hydrogen-bond donors (Lipinski definition) is 1. The molecule has 0 saturated heterocycles. The summed E-state index contributed by atoms with van der Waals surface area (Å²) in [5.74, 6) is 3.88. The molecule has 1 N–H and O–H groups in total. The van der Waals surface area contributed by atoms with Crippen LogP contribution in [0.5, 0.6) is 5.75 Å². The fourth-order valence-corrected chi connectivity index (χ4v) is 3.37. The standard InChI is InChI=1S/C25H34O4Si/c1-27-24-12-10-22(11-13-24)19-29-20-23(15-17-30(2,3)4)25(26)14-16-28-18-21-8-6-5-7-9-21/h5-13,23,25-26H,14,16,18-20H2,1-4H3/t23-,25-/m0/s1. The van der Waals surface area contributed by atoms with Crippen LogP contribution >= 0.6 is 0 Å². The van der Waals surface area contributed by atoms with Gasteiger partial charge in [0.05, 0.1) is 39.0 Å². The van der Waals surface area contributed by atoms with Crippen LogP contribution < -0.4 is 4.74 Å². The first-order valence-corrected chi connectivity index (χ1v) is 13.9. The van der Waals surface area contributed by atoms with Gasteiger partial charge >= 0.3 is 0 Å². The highest BCUT2D eigenvalue weighted by molar-refractivity contribution is 6.83. The Morgan fingerprint density at radius 2 is 1.53 bits per heavy atom. The molecule has 0 bridgehead atoms. The van der Waals surface area contributed by atoms with E-state index in [1.54, 1.807) is 7.11 Å². The van der Waals surface area contributed by atoms with Crippen LogP contribution in [-0.2, 0) is 22.7 Å². The maximum Gasteiger partial charge on any atom is 0.129 e. The van der Waals surface area contributed by atoms with Gasteiger partial charge < -0.3 is 19.3 Å². The van der Waals surface area contributed by atoms with E-state index in [2.05, 4.69) is 31.1 Å². The van der Waals surface area contributed by atoms with Gasteiger partial charge in [-0.15, -0.1) is 11.5 Å². The first-order valence-electron chi connectivity index (χ1n) is 10.4. The zero-order chi connectivity index (χ0) is 21.8. The van der Waals surface area contributed by atoms with Crippen molar-refractivity contribution in [1.82, 2.24) is 0 Å². The Balaban J connectivity index is 1.84. The van der Waals surface area contributed by atoms with Crippen molar-refractivity contribution in [3.8, 4) is 17.2 Å². The second-order valence-electron chi connectivity index (χ2n) is 8.38. The van der Waals surface area contributed by atoms with Gasteiger partial charge in [-0.2, -0.15) is 0 Å². The summed E-state index contributed by atoms with van der Waals surface area (Å²) in [6.45, 7) is 8.50. The molecule has 0 heterocycles. The fraction of sp³-hybridized carbons (Fsp3) is 0.440. The van der Waals surface area contributed by atoms with Crippen molar-refractivity contribution < 1.29 is 19.3 Å². The van der Waals surface area contributed by atoms with Gasteiger partial charge in [0.2, 0.25) is 0 Å². The van der Waals surface area contributed by atoms with Crippen LogP contribution in [0.4, 0.5) is 0 Å². The van der Waals surface area contributed by atoms with E-state index in [1.807, 2.05) is 54.6 Å². The molecule has 4 nitrogen and oxygen atoms in total. The van der Waals surface area contributed by atoms with Crippen LogP contribution in [0.3, 0.4) is 0 Å². The van der Waals surface area contributed by atoms with Crippen LogP contribution in [0.1, 0.15) is 17.5 Å². The maximum atomic E-state index is 10.7. The van der Waals surface area contributed by atoms with E-state index in [1.165, 1.54) is 0 Å². The van der Waals surface area contributed by atoms with Gasteiger partial charge in [-0.3, -0.25) is 0 Å². The molecule has 0 saturated carbocycles. The van der Waals surface area contributed by atoms with Crippen molar-refractivity contribution in [2.45, 2.75) is 45.4 Å². The second-order valence-corrected chi connectivity index (χ2v) is 13.1. The zero-order valence-corrected chi connectivity index (χ0v) is 19.6. The molecular formula is C25H34O4Si. The normalized spacial score (nSPS) is 13.2. The Labute approximate surface area is 182 Å². The number of methoxy groups -OCH3 is 1. The molecule has 30 heavy (non-hydrogen) atoms. The van der Waals surface area contributed by atoms with Gasteiger partial charge in [-0.25, -0.2) is 0 Å². The van der Waals surface area contributed by atoms with E-state index in [4.69, 9.17) is 14.2 Å². The Bertz CT molecular complexity index is 788. The molecule has 0 unspecified atom stereocenters. The van der Waals surface area contributed by atoms with Gasteiger partial charge in [0.25, 0.3) is 0 Å². The Kier molecular flexibility index (Phi) is 10.1. The molecule has 0 spiro atoms. The van der Waals surface area contributed by atoms with Crippen molar-refractivity contribution >= 4 is 8.07 Å². The minimum Gasteiger partial charge on any atom is -0.497 e. The fourth-order valence-electron chi connectivity index (χ4n) is 2.75. The molecule has 0 aromatic heterocycles. The molecule has 0 aliphatic carbocycles. The molecule has 5 heteroatoms. The number of rotatable bonds is 11. The smallest absolute Gasteiger partial charge is 0.129 e. The molecule has 0 radical (unpaired) electrons. The number of aliphatic hydroxyl groups excluding tert-OH is 1. The first kappa shape index (κ1) is 24.2. The molecule has 0 aliphatic heterocycles. The largest absolute Gasteiger partial charge is 0.497 e. The number of benzene rings is 2. The van der Waals surface area contributed by atoms with E-state index in [9.17, 15) is 5.11 Å². The monoisotopic (exact) mass is 426 g/mol. The summed E-state index contributed by atoms with van der Waals surface area (Å²) >= 11 is 0. The van der Waals surface area contributed by atoms with Crippen molar-refractivity contribution in [3.05, 3.63) is 65.7 Å². The summed E-state index contributed by atoms with van der Waals surface area (Å²) in [5.41, 5.74) is 5.57. The lowest BCUT2D eigenvalue weighted by Crippen LogP contribution is -2.27. The van der Waals surface area contributed by atoms with E-state index in [-0.39, 0.29) is 5.92 Å². The minimum absolute atomic E-state index is 0.227. The quantitative estimate of drug-likeness (QED) is 0.322. The molecular weight excluding hydrogens is 392 g/mol. The van der Waals surface area contributed by atoms with Gasteiger partial charge in [-0.05, 0) is 29.7 Å². The van der Waals surface area contributed by atoms with E-state index < -0.39 is 14.2 Å². The molecule has 0 amide bonds. The van der Waals surface area contributed by atoms with E-state index in [0.717, 1.165) is 16.9 Å². The third kappa shape index (κ3) is 9.60. The Morgan fingerprint density at radius 1 is 0.900 bits per heavy atom. The van der Waals surface area contributed by atoms with Crippen LogP contribution in [-0.4, -0.2) is 39.6 Å². The predicted octanol–water partition coefficient (Wildman–Crippen LogP) is 4.68. The second kappa shape index (κ2) is 12.6. The molecule has 162 valence electrons. The first-order chi connectivity index (χ1) is 14.4. The summed E-state index contributed by atoms with van der Waals surface area (Å²) in [5, 5.41) is 10.7. The predicted molar refractivity (Wildman–Crippen MR) is 124 cm³/mol. The lowest BCUT2D eigenvalue weighted by atomic mass is 10.0. The van der Waals surface area contributed by atoms with Crippen LogP contribution in [0.2, 0.25) is 19.6 Å². The summed E-state index contributed by atoms with van der Waals surface area (Å²) in [6.07, 6.45) is -0.0514.